The second kappa shape index (κ2) is 9.06. The van der Waals surface area contributed by atoms with Crippen LogP contribution in [-0.4, -0.2) is 38.2 Å². The molecule has 0 aliphatic heterocycles. The van der Waals surface area contributed by atoms with Gasteiger partial charge in [0.1, 0.15) is 5.75 Å². The lowest BCUT2D eigenvalue weighted by molar-refractivity contribution is 0.186. The highest BCUT2D eigenvalue weighted by molar-refractivity contribution is 5.33. The van der Waals surface area contributed by atoms with Gasteiger partial charge in [-0.2, -0.15) is 0 Å². The van der Waals surface area contributed by atoms with E-state index in [-0.39, 0.29) is 0 Å². The molecule has 2 atom stereocenters. The largest absolute Gasteiger partial charge is 0.496 e. The molecule has 0 saturated carbocycles. The Balaban J connectivity index is 2.51. The Kier molecular flexibility index (Phi) is 7.76. The third-order valence-corrected chi connectivity index (χ3v) is 4.15. The van der Waals surface area contributed by atoms with E-state index >= 15 is 0 Å². The summed E-state index contributed by atoms with van der Waals surface area (Å²) in [6, 6.07) is 8.79. The van der Waals surface area contributed by atoms with Gasteiger partial charge in [-0.05, 0) is 45.0 Å². The molecule has 0 aliphatic rings. The van der Waals surface area contributed by atoms with Crippen molar-refractivity contribution in [2.45, 2.75) is 40.3 Å². The first kappa shape index (κ1) is 18.0. The summed E-state index contributed by atoms with van der Waals surface area (Å²) in [5.74, 6) is 2.30. The van der Waals surface area contributed by atoms with E-state index in [1.54, 1.807) is 7.11 Å². The van der Waals surface area contributed by atoms with Crippen LogP contribution in [0.3, 0.4) is 0 Å². The lowest BCUT2D eigenvalue weighted by Gasteiger charge is -2.30. The number of nitrogens with zero attached hydrogens (tertiary/aromatic N) is 1. The fourth-order valence-electron chi connectivity index (χ4n) is 2.45. The topological polar surface area (TPSA) is 24.5 Å². The Hall–Kier alpha value is -1.06. The highest BCUT2D eigenvalue weighted by Gasteiger charge is 2.18. The smallest absolute Gasteiger partial charge is 0.123 e. The van der Waals surface area contributed by atoms with Gasteiger partial charge in [0, 0.05) is 18.2 Å². The molecule has 0 fully saturated rings. The van der Waals surface area contributed by atoms with Crippen LogP contribution < -0.4 is 10.1 Å². The highest BCUT2D eigenvalue weighted by atomic mass is 16.5. The van der Waals surface area contributed by atoms with Crippen LogP contribution in [-0.2, 0) is 6.54 Å². The van der Waals surface area contributed by atoms with Gasteiger partial charge in [-0.1, -0.05) is 39.0 Å². The third kappa shape index (κ3) is 6.06. The van der Waals surface area contributed by atoms with Crippen LogP contribution >= 0.6 is 0 Å². The molecule has 3 heteroatoms. The predicted octanol–water partition coefficient (Wildman–Crippen LogP) is 3.40. The van der Waals surface area contributed by atoms with E-state index < -0.39 is 0 Å². The average Bonchev–Trinajstić information content (AvgIpc) is 2.46. The summed E-state index contributed by atoms with van der Waals surface area (Å²) in [6.45, 7) is 12.2. The molecule has 0 saturated heterocycles. The van der Waals surface area contributed by atoms with Gasteiger partial charge in [0.05, 0.1) is 7.11 Å². The van der Waals surface area contributed by atoms with Crippen molar-refractivity contribution in [1.29, 1.82) is 0 Å². The highest BCUT2D eigenvalue weighted by Crippen LogP contribution is 2.21. The molecular weight excluding hydrogens is 260 g/mol. The SMILES string of the molecule is COc1ccccc1CN(C)C(C)C(C)CNCC(C)C. The molecule has 120 valence electrons. The molecule has 0 amide bonds. The number of ether oxygens (including phenoxy) is 1. The van der Waals surface area contributed by atoms with Crippen molar-refractivity contribution in [2.75, 3.05) is 27.2 Å². The normalized spacial score (nSPS) is 14.5. The van der Waals surface area contributed by atoms with Gasteiger partial charge < -0.3 is 10.1 Å². The maximum absolute atomic E-state index is 5.44. The lowest BCUT2D eigenvalue weighted by atomic mass is 10.0. The van der Waals surface area contributed by atoms with Crippen LogP contribution in [0.4, 0.5) is 0 Å². The van der Waals surface area contributed by atoms with Crippen molar-refractivity contribution in [3.8, 4) is 5.75 Å². The van der Waals surface area contributed by atoms with E-state index in [0.717, 1.165) is 25.4 Å². The van der Waals surface area contributed by atoms with Crippen molar-refractivity contribution in [3.63, 3.8) is 0 Å². The van der Waals surface area contributed by atoms with Crippen molar-refractivity contribution < 1.29 is 4.74 Å². The predicted molar refractivity (Wildman–Crippen MR) is 90.8 cm³/mol. The van der Waals surface area contributed by atoms with Gasteiger partial charge in [-0.3, -0.25) is 4.90 Å². The fourth-order valence-corrected chi connectivity index (χ4v) is 2.45. The minimum absolute atomic E-state index is 0.523. The van der Waals surface area contributed by atoms with Gasteiger partial charge in [0.25, 0.3) is 0 Å². The Labute approximate surface area is 130 Å². The molecule has 0 spiro atoms. The number of hydrogen-bond donors (Lipinski definition) is 1. The van der Waals surface area contributed by atoms with Crippen LogP contribution in [0.5, 0.6) is 5.75 Å². The minimum Gasteiger partial charge on any atom is -0.496 e. The molecule has 1 N–H and O–H groups in total. The molecule has 0 heterocycles. The molecule has 3 nitrogen and oxygen atoms in total. The van der Waals surface area contributed by atoms with E-state index in [1.165, 1.54) is 5.56 Å². The maximum Gasteiger partial charge on any atom is 0.123 e. The number of hydrogen-bond acceptors (Lipinski definition) is 3. The molecule has 0 aliphatic carbocycles. The molecule has 1 rings (SSSR count). The standard InChI is InChI=1S/C18H32N2O/c1-14(2)11-19-12-15(3)16(4)20(5)13-17-9-7-8-10-18(17)21-6/h7-10,14-16,19H,11-13H2,1-6H3. The zero-order chi connectivity index (χ0) is 15.8. The molecule has 2 unspecified atom stereocenters. The monoisotopic (exact) mass is 292 g/mol. The molecule has 0 radical (unpaired) electrons. The summed E-state index contributed by atoms with van der Waals surface area (Å²) in [5.41, 5.74) is 1.25. The maximum atomic E-state index is 5.44. The van der Waals surface area contributed by atoms with Crippen molar-refractivity contribution in [2.24, 2.45) is 11.8 Å². The molecule has 1 aromatic rings. The van der Waals surface area contributed by atoms with Crippen LogP contribution in [0.25, 0.3) is 0 Å². The molecule has 0 bridgehead atoms. The number of methoxy groups -OCH3 is 1. The van der Waals surface area contributed by atoms with Crippen LogP contribution in [0.15, 0.2) is 24.3 Å². The van der Waals surface area contributed by atoms with Gasteiger partial charge >= 0.3 is 0 Å². The molecule has 1 aromatic carbocycles. The van der Waals surface area contributed by atoms with Gasteiger partial charge in [-0.15, -0.1) is 0 Å². The minimum atomic E-state index is 0.523. The Morgan fingerprint density at radius 1 is 1.10 bits per heavy atom. The van der Waals surface area contributed by atoms with Gasteiger partial charge in [0.15, 0.2) is 0 Å². The van der Waals surface area contributed by atoms with Crippen molar-refractivity contribution in [1.82, 2.24) is 10.2 Å². The first-order valence-corrected chi connectivity index (χ1v) is 7.98. The Bertz CT molecular complexity index is 406. The quantitative estimate of drug-likeness (QED) is 0.755. The van der Waals surface area contributed by atoms with E-state index in [9.17, 15) is 0 Å². The van der Waals surface area contributed by atoms with Crippen LogP contribution in [0.2, 0.25) is 0 Å². The van der Waals surface area contributed by atoms with Crippen molar-refractivity contribution >= 4 is 0 Å². The van der Waals surface area contributed by atoms with Crippen molar-refractivity contribution in [3.05, 3.63) is 29.8 Å². The number of benzene rings is 1. The second-order valence-electron chi connectivity index (χ2n) is 6.50. The number of rotatable bonds is 9. The van der Waals surface area contributed by atoms with Crippen LogP contribution in [0, 0.1) is 11.8 Å². The summed E-state index contributed by atoms with van der Waals surface area (Å²) in [6.07, 6.45) is 0. The Morgan fingerprint density at radius 2 is 1.76 bits per heavy atom. The second-order valence-corrected chi connectivity index (χ2v) is 6.50. The zero-order valence-corrected chi connectivity index (χ0v) is 14.5. The number of nitrogens with one attached hydrogen (secondary N) is 1. The summed E-state index contributed by atoms with van der Waals surface area (Å²) >= 11 is 0. The van der Waals surface area contributed by atoms with Gasteiger partial charge in [0.2, 0.25) is 0 Å². The van der Waals surface area contributed by atoms with E-state index in [2.05, 4.69) is 57.1 Å². The third-order valence-electron chi connectivity index (χ3n) is 4.15. The van der Waals surface area contributed by atoms with E-state index in [0.29, 0.717) is 17.9 Å². The summed E-state index contributed by atoms with van der Waals surface area (Å²) in [7, 11) is 3.93. The zero-order valence-electron chi connectivity index (χ0n) is 14.5. The lowest BCUT2D eigenvalue weighted by Crippen LogP contribution is -2.39. The first-order chi connectivity index (χ1) is 9.95. The summed E-state index contributed by atoms with van der Waals surface area (Å²) in [5, 5.41) is 3.56. The van der Waals surface area contributed by atoms with E-state index in [1.807, 2.05) is 12.1 Å². The number of para-hydroxylation sites is 1. The van der Waals surface area contributed by atoms with E-state index in [4.69, 9.17) is 4.74 Å². The average molecular weight is 292 g/mol. The summed E-state index contributed by atoms with van der Waals surface area (Å²) in [4.78, 5) is 2.40. The molecule has 21 heavy (non-hydrogen) atoms. The Morgan fingerprint density at radius 3 is 2.38 bits per heavy atom. The fraction of sp³-hybridized carbons (Fsp3) is 0.667. The molecule has 0 aromatic heterocycles. The summed E-state index contributed by atoms with van der Waals surface area (Å²) < 4.78 is 5.44. The van der Waals surface area contributed by atoms with Gasteiger partial charge in [-0.25, -0.2) is 0 Å². The first-order valence-electron chi connectivity index (χ1n) is 7.98. The van der Waals surface area contributed by atoms with Crippen LogP contribution in [0.1, 0.15) is 33.3 Å². The molecular formula is C18H32N2O.